The Morgan fingerprint density at radius 1 is 1.30 bits per heavy atom. The van der Waals surface area contributed by atoms with Gasteiger partial charge in [0.05, 0.1) is 5.41 Å². The normalized spacial score (nSPS) is 27.1. The topological polar surface area (TPSA) is 81.2 Å². The molecule has 3 amide bonds. The quantitative estimate of drug-likeness (QED) is 0.794. The van der Waals surface area contributed by atoms with Crippen LogP contribution in [0.5, 0.6) is 0 Å². The number of hydrogen-bond donors (Lipinski definition) is 1. The maximum atomic E-state index is 12.2. The average Bonchev–Trinajstić information content (AvgIpc) is 2.70. The lowest BCUT2D eigenvalue weighted by atomic mass is 9.82. The molecule has 0 unspecified atom stereocenters. The number of carboxylic acids is 1. The number of rotatable bonds is 3. The van der Waals surface area contributed by atoms with Gasteiger partial charge in [-0.1, -0.05) is 0 Å². The van der Waals surface area contributed by atoms with Gasteiger partial charge in [-0.2, -0.15) is 0 Å². The molecule has 0 spiro atoms. The van der Waals surface area contributed by atoms with E-state index in [2.05, 4.69) is 0 Å². The first-order chi connectivity index (χ1) is 9.33. The average molecular weight is 283 g/mol. The van der Waals surface area contributed by atoms with Crippen molar-refractivity contribution in [1.29, 1.82) is 0 Å². The fraction of sp³-hybridized carbons (Fsp3) is 0.769. The Morgan fingerprint density at radius 3 is 2.55 bits per heavy atom. The van der Waals surface area contributed by atoms with Gasteiger partial charge in [0, 0.05) is 33.2 Å². The highest BCUT2D eigenvalue weighted by atomic mass is 16.4. The van der Waals surface area contributed by atoms with Crippen molar-refractivity contribution < 1.29 is 19.5 Å². The second-order valence-corrected chi connectivity index (χ2v) is 5.91. The van der Waals surface area contributed by atoms with Gasteiger partial charge in [-0.15, -0.1) is 0 Å². The summed E-state index contributed by atoms with van der Waals surface area (Å²) in [5.41, 5.74) is -0.875. The molecule has 2 saturated heterocycles. The summed E-state index contributed by atoms with van der Waals surface area (Å²) in [5, 5.41) is 9.25. The maximum Gasteiger partial charge on any atom is 0.320 e. The Balaban J connectivity index is 1.96. The molecular formula is C13H21N3O4. The zero-order valence-corrected chi connectivity index (χ0v) is 12.0. The molecule has 112 valence electrons. The van der Waals surface area contributed by atoms with Gasteiger partial charge in [0.1, 0.15) is 6.54 Å². The highest BCUT2D eigenvalue weighted by Gasteiger charge is 2.40. The predicted molar refractivity (Wildman–Crippen MR) is 71.2 cm³/mol. The fourth-order valence-electron chi connectivity index (χ4n) is 2.74. The van der Waals surface area contributed by atoms with Crippen LogP contribution in [0.3, 0.4) is 0 Å². The van der Waals surface area contributed by atoms with Crippen LogP contribution in [0.15, 0.2) is 0 Å². The molecule has 2 fully saturated rings. The molecular weight excluding hydrogens is 262 g/mol. The number of aliphatic carboxylic acids is 1. The number of likely N-dealkylation sites (N-methyl/N-ethyl adjacent to an activating group) is 1. The Hall–Kier alpha value is -1.79. The summed E-state index contributed by atoms with van der Waals surface area (Å²) in [6.07, 6.45) is 1.26. The predicted octanol–water partition coefficient (Wildman–Crippen LogP) is 0.0671. The van der Waals surface area contributed by atoms with Crippen LogP contribution in [0, 0.1) is 5.41 Å². The molecule has 2 aliphatic heterocycles. The van der Waals surface area contributed by atoms with E-state index in [4.69, 9.17) is 0 Å². The maximum absolute atomic E-state index is 12.2. The number of carbonyl (C=O) groups is 3. The Morgan fingerprint density at radius 2 is 2.00 bits per heavy atom. The summed E-state index contributed by atoms with van der Waals surface area (Å²) >= 11 is 0. The first kappa shape index (κ1) is 14.6. The number of carbonyl (C=O) groups excluding carboxylic acids is 2. The Bertz CT molecular complexity index is 439. The van der Waals surface area contributed by atoms with Crippen molar-refractivity contribution in [3.05, 3.63) is 0 Å². The Kier molecular flexibility index (Phi) is 3.87. The minimum absolute atomic E-state index is 0.0405. The van der Waals surface area contributed by atoms with E-state index >= 15 is 0 Å². The zero-order valence-electron chi connectivity index (χ0n) is 12.0. The molecule has 2 rings (SSSR count). The summed E-state index contributed by atoms with van der Waals surface area (Å²) < 4.78 is 0. The number of likely N-dealkylation sites (tertiary alicyclic amines) is 1. The van der Waals surface area contributed by atoms with Crippen molar-refractivity contribution in [2.75, 3.05) is 39.8 Å². The van der Waals surface area contributed by atoms with Crippen molar-refractivity contribution in [3.63, 3.8) is 0 Å². The van der Waals surface area contributed by atoms with Crippen molar-refractivity contribution in [2.45, 2.75) is 19.8 Å². The molecule has 0 radical (unpaired) electrons. The first-order valence-corrected chi connectivity index (χ1v) is 6.85. The highest BCUT2D eigenvalue weighted by molar-refractivity contribution is 5.85. The molecule has 0 aromatic heterocycles. The molecule has 7 heteroatoms. The smallest absolute Gasteiger partial charge is 0.320 e. The van der Waals surface area contributed by atoms with Gasteiger partial charge >= 0.3 is 12.0 Å². The lowest BCUT2D eigenvalue weighted by molar-refractivity contribution is -0.153. The molecule has 2 heterocycles. The number of nitrogens with zero attached hydrogens (tertiary/aromatic N) is 3. The van der Waals surface area contributed by atoms with Gasteiger partial charge in [-0.05, 0) is 19.8 Å². The van der Waals surface area contributed by atoms with Crippen LogP contribution in [-0.2, 0) is 9.59 Å². The number of piperidine rings is 1. The summed E-state index contributed by atoms with van der Waals surface area (Å²) in [4.78, 5) is 39.9. The molecule has 1 atom stereocenters. The summed E-state index contributed by atoms with van der Waals surface area (Å²) in [5.74, 6) is -1.03. The van der Waals surface area contributed by atoms with Crippen LogP contribution in [0.1, 0.15) is 19.8 Å². The fourth-order valence-corrected chi connectivity index (χ4v) is 2.74. The number of hydrogen-bond acceptors (Lipinski definition) is 3. The largest absolute Gasteiger partial charge is 0.481 e. The zero-order chi connectivity index (χ0) is 14.9. The number of carboxylic acid groups (broad SMARTS) is 1. The van der Waals surface area contributed by atoms with E-state index in [0.29, 0.717) is 32.5 Å². The summed E-state index contributed by atoms with van der Waals surface area (Å²) in [6, 6.07) is -0.142. The van der Waals surface area contributed by atoms with Crippen LogP contribution in [-0.4, -0.2) is 77.5 Å². The monoisotopic (exact) mass is 283 g/mol. The molecule has 2 aliphatic rings. The second-order valence-electron chi connectivity index (χ2n) is 5.91. The van der Waals surface area contributed by atoms with Crippen molar-refractivity contribution in [1.82, 2.24) is 14.7 Å². The molecule has 7 nitrogen and oxygen atoms in total. The number of amides is 3. The third kappa shape index (κ3) is 2.71. The molecule has 0 aromatic carbocycles. The minimum atomic E-state index is -0.875. The molecule has 0 bridgehead atoms. The SMILES string of the molecule is CN1CCN(CC(=O)N2CCC[C@@](C)(C(=O)O)C2)C1=O. The van der Waals surface area contributed by atoms with Crippen LogP contribution >= 0.6 is 0 Å². The van der Waals surface area contributed by atoms with Gasteiger partial charge < -0.3 is 19.8 Å². The van der Waals surface area contributed by atoms with Crippen molar-refractivity contribution in [2.24, 2.45) is 5.41 Å². The molecule has 1 N–H and O–H groups in total. The third-order valence-electron chi connectivity index (χ3n) is 4.19. The molecule has 20 heavy (non-hydrogen) atoms. The summed E-state index contributed by atoms with van der Waals surface area (Å²) in [7, 11) is 1.70. The van der Waals surface area contributed by atoms with Gasteiger partial charge in [-0.3, -0.25) is 9.59 Å². The standard InChI is InChI=1S/C13H21N3O4/c1-13(11(18)19)4-3-5-16(9-13)10(17)8-15-7-6-14(2)12(15)20/h3-9H2,1-2H3,(H,18,19)/t13-/m1/s1. The van der Waals surface area contributed by atoms with Crippen LogP contribution < -0.4 is 0 Å². The van der Waals surface area contributed by atoms with Gasteiger partial charge in [0.2, 0.25) is 5.91 Å². The highest BCUT2D eigenvalue weighted by Crippen LogP contribution is 2.29. The molecule has 0 aromatic rings. The van der Waals surface area contributed by atoms with E-state index in [1.165, 1.54) is 4.90 Å². The van der Waals surface area contributed by atoms with Crippen LogP contribution in [0.4, 0.5) is 4.79 Å². The summed E-state index contributed by atoms with van der Waals surface area (Å²) in [6.45, 7) is 3.67. The van der Waals surface area contributed by atoms with Crippen LogP contribution in [0.25, 0.3) is 0 Å². The molecule has 0 aliphatic carbocycles. The van der Waals surface area contributed by atoms with Crippen molar-refractivity contribution in [3.8, 4) is 0 Å². The van der Waals surface area contributed by atoms with E-state index in [9.17, 15) is 19.5 Å². The van der Waals surface area contributed by atoms with Gasteiger partial charge in [0.25, 0.3) is 0 Å². The lowest BCUT2D eigenvalue weighted by Gasteiger charge is -2.38. The second kappa shape index (κ2) is 5.30. The Labute approximate surface area is 118 Å². The van der Waals surface area contributed by atoms with Gasteiger partial charge in [0.15, 0.2) is 0 Å². The minimum Gasteiger partial charge on any atom is -0.481 e. The van der Waals surface area contributed by atoms with E-state index in [1.54, 1.807) is 23.8 Å². The first-order valence-electron chi connectivity index (χ1n) is 6.85. The van der Waals surface area contributed by atoms with E-state index < -0.39 is 11.4 Å². The molecule has 0 saturated carbocycles. The van der Waals surface area contributed by atoms with E-state index in [0.717, 1.165) is 0 Å². The van der Waals surface area contributed by atoms with Gasteiger partial charge in [-0.25, -0.2) is 4.79 Å². The van der Waals surface area contributed by atoms with Crippen molar-refractivity contribution >= 4 is 17.9 Å². The van der Waals surface area contributed by atoms with E-state index in [1.807, 2.05) is 0 Å². The van der Waals surface area contributed by atoms with Crippen LogP contribution in [0.2, 0.25) is 0 Å². The van der Waals surface area contributed by atoms with E-state index in [-0.39, 0.29) is 25.0 Å². The number of urea groups is 1. The lowest BCUT2D eigenvalue weighted by Crippen LogP contribution is -2.51. The third-order valence-corrected chi connectivity index (χ3v) is 4.19.